The van der Waals surface area contributed by atoms with E-state index in [1.54, 1.807) is 12.3 Å². The first-order valence-corrected chi connectivity index (χ1v) is 7.25. The summed E-state index contributed by atoms with van der Waals surface area (Å²) in [6.45, 7) is 2.03. The molecule has 0 fully saturated rings. The fraction of sp³-hybridized carbons (Fsp3) is 0.0556. The third kappa shape index (κ3) is 2.36. The molecule has 2 aromatic heterocycles. The molecule has 4 rings (SSSR count). The van der Waals surface area contributed by atoms with Crippen LogP contribution in [0.4, 0.5) is 4.39 Å². The van der Waals surface area contributed by atoms with E-state index in [2.05, 4.69) is 20.2 Å². The monoisotopic (exact) mass is 304 g/mol. The van der Waals surface area contributed by atoms with Crippen LogP contribution < -0.4 is 0 Å². The molecule has 4 nitrogen and oxygen atoms in total. The maximum atomic E-state index is 13.4. The van der Waals surface area contributed by atoms with Gasteiger partial charge in [0, 0.05) is 11.1 Å². The Kier molecular flexibility index (Phi) is 3.12. The van der Waals surface area contributed by atoms with Crippen LogP contribution in [0.25, 0.3) is 33.7 Å². The van der Waals surface area contributed by atoms with Crippen molar-refractivity contribution in [3.8, 4) is 22.5 Å². The third-order valence-electron chi connectivity index (χ3n) is 3.80. The molecule has 5 heteroatoms. The zero-order valence-electron chi connectivity index (χ0n) is 12.4. The van der Waals surface area contributed by atoms with Crippen molar-refractivity contribution >= 4 is 11.2 Å². The topological polar surface area (TPSA) is 54.5 Å². The maximum Gasteiger partial charge on any atom is 0.200 e. The number of aromatic nitrogens is 4. The van der Waals surface area contributed by atoms with Crippen molar-refractivity contribution in [2.75, 3.05) is 0 Å². The van der Waals surface area contributed by atoms with E-state index in [0.29, 0.717) is 22.4 Å². The Morgan fingerprint density at radius 1 is 1.04 bits per heavy atom. The summed E-state index contributed by atoms with van der Waals surface area (Å²) in [6, 6.07) is 14.3. The van der Waals surface area contributed by atoms with Gasteiger partial charge in [-0.25, -0.2) is 14.4 Å². The quantitative estimate of drug-likeness (QED) is 0.605. The Labute approximate surface area is 132 Å². The van der Waals surface area contributed by atoms with Crippen molar-refractivity contribution in [1.82, 2.24) is 20.2 Å². The summed E-state index contributed by atoms with van der Waals surface area (Å²) in [6.07, 6.45) is 1.61. The fourth-order valence-electron chi connectivity index (χ4n) is 2.62. The summed E-state index contributed by atoms with van der Waals surface area (Å²) >= 11 is 0. The number of rotatable bonds is 2. The Hall–Kier alpha value is -3.08. The summed E-state index contributed by atoms with van der Waals surface area (Å²) in [5, 5.41) is 7.23. The van der Waals surface area contributed by atoms with Gasteiger partial charge in [0.25, 0.3) is 0 Å². The number of aryl methyl sites for hydroxylation is 1. The molecule has 0 aliphatic rings. The Balaban J connectivity index is 1.92. The van der Waals surface area contributed by atoms with Crippen LogP contribution in [0.3, 0.4) is 0 Å². The lowest BCUT2D eigenvalue weighted by Crippen LogP contribution is -1.90. The van der Waals surface area contributed by atoms with Crippen LogP contribution in [0.15, 0.2) is 54.7 Å². The average Bonchev–Trinajstić information content (AvgIpc) is 2.98. The van der Waals surface area contributed by atoms with E-state index in [-0.39, 0.29) is 5.82 Å². The third-order valence-corrected chi connectivity index (χ3v) is 3.80. The molecule has 0 aliphatic carbocycles. The predicted octanol–water partition coefficient (Wildman–Crippen LogP) is 4.13. The molecule has 0 radical (unpaired) electrons. The molecule has 0 bridgehead atoms. The minimum Gasteiger partial charge on any atom is -0.273 e. The molecule has 0 spiro atoms. The number of aromatic amines is 1. The first kappa shape index (κ1) is 13.6. The van der Waals surface area contributed by atoms with Gasteiger partial charge in [0.15, 0.2) is 5.65 Å². The van der Waals surface area contributed by atoms with E-state index >= 15 is 0 Å². The van der Waals surface area contributed by atoms with Crippen LogP contribution in [0, 0.1) is 12.7 Å². The van der Waals surface area contributed by atoms with Crippen molar-refractivity contribution < 1.29 is 4.39 Å². The molecule has 0 saturated heterocycles. The van der Waals surface area contributed by atoms with Crippen molar-refractivity contribution in [2.45, 2.75) is 6.92 Å². The summed E-state index contributed by atoms with van der Waals surface area (Å²) in [4.78, 5) is 8.98. The number of H-pyrrole nitrogens is 1. The second-order valence-electron chi connectivity index (χ2n) is 5.35. The maximum absolute atomic E-state index is 13.4. The molecule has 112 valence electrons. The number of hydrogen-bond acceptors (Lipinski definition) is 3. The number of nitrogens with one attached hydrogen (secondary N) is 1. The van der Waals surface area contributed by atoms with Crippen LogP contribution in [0.5, 0.6) is 0 Å². The molecule has 0 saturated carbocycles. The molecule has 0 atom stereocenters. The highest BCUT2D eigenvalue weighted by Gasteiger charge is 2.13. The van der Waals surface area contributed by atoms with Crippen molar-refractivity contribution in [1.29, 1.82) is 0 Å². The van der Waals surface area contributed by atoms with Gasteiger partial charge in [-0.1, -0.05) is 36.4 Å². The molecule has 23 heavy (non-hydrogen) atoms. The second kappa shape index (κ2) is 5.28. The lowest BCUT2D eigenvalue weighted by atomic mass is 10.1. The van der Waals surface area contributed by atoms with Gasteiger partial charge in [0.1, 0.15) is 11.3 Å². The van der Waals surface area contributed by atoms with Gasteiger partial charge in [-0.3, -0.25) is 5.10 Å². The number of nitrogens with zero attached hydrogens (tertiary/aromatic N) is 3. The highest BCUT2D eigenvalue weighted by molar-refractivity contribution is 5.89. The first-order chi connectivity index (χ1) is 11.2. The SMILES string of the molecule is Cc1ccccc1-c1[nH]nc2ncc(-c3cccc(F)c3)nc12. The zero-order chi connectivity index (χ0) is 15.8. The predicted molar refractivity (Wildman–Crippen MR) is 87.3 cm³/mol. The number of benzene rings is 2. The van der Waals surface area contributed by atoms with Crippen LogP contribution in [0.1, 0.15) is 5.56 Å². The standard InChI is InChI=1S/C18H13FN4/c1-11-5-2-3-8-14(11)16-17-18(23-22-16)20-10-15(21-17)12-6-4-7-13(19)9-12/h2-10H,1H3,(H,20,22,23). The zero-order valence-corrected chi connectivity index (χ0v) is 12.4. The average molecular weight is 304 g/mol. The molecule has 0 amide bonds. The first-order valence-electron chi connectivity index (χ1n) is 7.25. The van der Waals surface area contributed by atoms with Gasteiger partial charge in [0.05, 0.1) is 17.6 Å². The lowest BCUT2D eigenvalue weighted by molar-refractivity contribution is 0.628. The van der Waals surface area contributed by atoms with Gasteiger partial charge < -0.3 is 0 Å². The molecule has 2 aromatic carbocycles. The summed E-state index contributed by atoms with van der Waals surface area (Å²) in [5.41, 5.74) is 5.51. The van der Waals surface area contributed by atoms with Crippen LogP contribution in [0.2, 0.25) is 0 Å². The molecule has 1 N–H and O–H groups in total. The van der Waals surface area contributed by atoms with Crippen LogP contribution in [-0.4, -0.2) is 20.2 Å². The van der Waals surface area contributed by atoms with E-state index in [4.69, 9.17) is 0 Å². The fourth-order valence-corrected chi connectivity index (χ4v) is 2.62. The van der Waals surface area contributed by atoms with Gasteiger partial charge in [0.2, 0.25) is 0 Å². The summed E-state index contributed by atoms with van der Waals surface area (Å²) < 4.78 is 13.4. The van der Waals surface area contributed by atoms with Gasteiger partial charge in [-0.05, 0) is 24.6 Å². The largest absolute Gasteiger partial charge is 0.273 e. The van der Waals surface area contributed by atoms with Gasteiger partial charge >= 0.3 is 0 Å². The van der Waals surface area contributed by atoms with E-state index in [1.165, 1.54) is 12.1 Å². The van der Waals surface area contributed by atoms with Crippen molar-refractivity contribution in [2.24, 2.45) is 0 Å². The summed E-state index contributed by atoms with van der Waals surface area (Å²) in [7, 11) is 0. The number of halogens is 1. The van der Waals surface area contributed by atoms with E-state index in [1.807, 2.05) is 37.3 Å². The van der Waals surface area contributed by atoms with Crippen LogP contribution in [-0.2, 0) is 0 Å². The highest BCUT2D eigenvalue weighted by Crippen LogP contribution is 2.28. The normalized spacial score (nSPS) is 11.0. The Bertz CT molecular complexity index is 1010. The minimum absolute atomic E-state index is 0.296. The van der Waals surface area contributed by atoms with Gasteiger partial charge in [-0.15, -0.1) is 0 Å². The second-order valence-corrected chi connectivity index (χ2v) is 5.35. The molecular weight excluding hydrogens is 291 g/mol. The molecule has 0 unspecified atom stereocenters. The number of hydrogen-bond donors (Lipinski definition) is 1. The smallest absolute Gasteiger partial charge is 0.200 e. The van der Waals surface area contributed by atoms with E-state index in [9.17, 15) is 4.39 Å². The molecule has 0 aliphatic heterocycles. The Morgan fingerprint density at radius 3 is 2.74 bits per heavy atom. The highest BCUT2D eigenvalue weighted by atomic mass is 19.1. The van der Waals surface area contributed by atoms with E-state index in [0.717, 1.165) is 16.8 Å². The summed E-state index contributed by atoms with van der Waals surface area (Å²) in [5.74, 6) is -0.296. The van der Waals surface area contributed by atoms with Gasteiger partial charge in [-0.2, -0.15) is 5.10 Å². The number of fused-ring (bicyclic) bond motifs is 1. The van der Waals surface area contributed by atoms with Crippen LogP contribution >= 0.6 is 0 Å². The lowest BCUT2D eigenvalue weighted by Gasteiger charge is -2.04. The Morgan fingerprint density at radius 2 is 1.91 bits per heavy atom. The molecule has 2 heterocycles. The molecular formula is C18H13FN4. The van der Waals surface area contributed by atoms with Crippen molar-refractivity contribution in [3.63, 3.8) is 0 Å². The van der Waals surface area contributed by atoms with E-state index < -0.39 is 0 Å². The molecule has 4 aromatic rings. The van der Waals surface area contributed by atoms with Crippen molar-refractivity contribution in [3.05, 3.63) is 66.1 Å². The minimum atomic E-state index is -0.296.